The lowest BCUT2D eigenvalue weighted by atomic mass is 10.1. The number of hydrogen-bond acceptors (Lipinski definition) is 4. The van der Waals surface area contributed by atoms with E-state index in [1.54, 1.807) is 6.92 Å². The molecule has 1 N–H and O–H groups in total. The monoisotopic (exact) mass is 332 g/mol. The molecule has 23 heavy (non-hydrogen) atoms. The highest BCUT2D eigenvalue weighted by Crippen LogP contribution is 2.22. The number of oxazole rings is 1. The molecule has 0 aliphatic rings. The van der Waals surface area contributed by atoms with Gasteiger partial charge in [0, 0.05) is 12.1 Å². The minimum Gasteiger partial charge on any atom is -0.441 e. The topological polar surface area (TPSA) is 55.1 Å². The molecule has 0 unspecified atom stereocenters. The fourth-order valence-corrected chi connectivity index (χ4v) is 2.97. The first-order valence-corrected chi connectivity index (χ1v) is 9.17. The number of hydrogen-bond donors (Lipinski definition) is 1. The summed E-state index contributed by atoms with van der Waals surface area (Å²) in [5.41, 5.74) is 2.44. The van der Waals surface area contributed by atoms with Gasteiger partial charge in [-0.2, -0.15) is 11.8 Å². The maximum atomic E-state index is 12.2. The number of aryl methyl sites for hydroxylation is 2. The summed E-state index contributed by atoms with van der Waals surface area (Å²) in [6, 6.07) is 7.91. The van der Waals surface area contributed by atoms with Crippen LogP contribution in [-0.4, -0.2) is 28.9 Å². The standard InChI is InChI=1S/C18H24N2O2S/c1-4-11-23-12-5-10-19-17(21)16-14(3)22-18(20-16)15-8-6-13(2)7-9-15/h6-9H,4-5,10-12H2,1-3H3,(H,19,21). The summed E-state index contributed by atoms with van der Waals surface area (Å²) in [7, 11) is 0. The number of carbonyl (C=O) groups is 1. The zero-order chi connectivity index (χ0) is 16.7. The van der Waals surface area contributed by atoms with Gasteiger partial charge >= 0.3 is 0 Å². The van der Waals surface area contributed by atoms with E-state index in [2.05, 4.69) is 17.2 Å². The van der Waals surface area contributed by atoms with E-state index in [9.17, 15) is 4.79 Å². The third-order valence-corrected chi connectivity index (χ3v) is 4.68. The van der Waals surface area contributed by atoms with Crippen LogP contribution in [0.25, 0.3) is 11.5 Å². The summed E-state index contributed by atoms with van der Waals surface area (Å²) >= 11 is 1.92. The molecule has 2 aromatic rings. The lowest BCUT2D eigenvalue weighted by Gasteiger charge is -2.03. The van der Waals surface area contributed by atoms with Crippen molar-refractivity contribution in [3.63, 3.8) is 0 Å². The van der Waals surface area contributed by atoms with Crippen molar-refractivity contribution in [1.29, 1.82) is 0 Å². The molecule has 0 aliphatic heterocycles. The summed E-state index contributed by atoms with van der Waals surface area (Å²) < 4.78 is 5.65. The molecule has 5 heteroatoms. The van der Waals surface area contributed by atoms with Crippen molar-refractivity contribution < 1.29 is 9.21 Å². The highest BCUT2D eigenvalue weighted by molar-refractivity contribution is 7.99. The van der Waals surface area contributed by atoms with Gasteiger partial charge in [0.25, 0.3) is 5.91 Å². The molecule has 0 atom stereocenters. The van der Waals surface area contributed by atoms with Crippen LogP contribution in [0.15, 0.2) is 28.7 Å². The van der Waals surface area contributed by atoms with Crippen molar-refractivity contribution in [3.8, 4) is 11.5 Å². The number of aromatic nitrogens is 1. The Morgan fingerprint density at radius 3 is 2.65 bits per heavy atom. The molecular formula is C18H24N2O2S. The Morgan fingerprint density at radius 1 is 1.22 bits per heavy atom. The summed E-state index contributed by atoms with van der Waals surface area (Å²) in [6.45, 7) is 6.65. The van der Waals surface area contributed by atoms with Crippen molar-refractivity contribution in [2.24, 2.45) is 0 Å². The molecule has 0 saturated heterocycles. The maximum Gasteiger partial charge on any atom is 0.273 e. The summed E-state index contributed by atoms with van der Waals surface area (Å²) in [6.07, 6.45) is 2.16. The van der Waals surface area contributed by atoms with E-state index < -0.39 is 0 Å². The van der Waals surface area contributed by atoms with E-state index in [4.69, 9.17) is 4.42 Å². The quantitative estimate of drug-likeness (QED) is 0.735. The Morgan fingerprint density at radius 2 is 1.96 bits per heavy atom. The van der Waals surface area contributed by atoms with Crippen molar-refractivity contribution in [3.05, 3.63) is 41.3 Å². The first-order chi connectivity index (χ1) is 11.1. The van der Waals surface area contributed by atoms with Gasteiger partial charge in [-0.05, 0) is 50.3 Å². The number of amides is 1. The van der Waals surface area contributed by atoms with Gasteiger partial charge in [0.2, 0.25) is 5.89 Å². The molecule has 0 saturated carbocycles. The second-order valence-electron chi connectivity index (χ2n) is 5.51. The molecule has 124 valence electrons. The number of thioether (sulfide) groups is 1. The van der Waals surface area contributed by atoms with Gasteiger partial charge < -0.3 is 9.73 Å². The molecule has 0 aliphatic carbocycles. The van der Waals surface area contributed by atoms with E-state index in [1.807, 2.05) is 43.0 Å². The molecule has 2 rings (SSSR count). The Hall–Kier alpha value is -1.75. The van der Waals surface area contributed by atoms with Gasteiger partial charge in [0.1, 0.15) is 5.76 Å². The average Bonchev–Trinajstić information content (AvgIpc) is 2.93. The third kappa shape index (κ3) is 5.13. The second kappa shape index (κ2) is 8.77. The minimum absolute atomic E-state index is 0.162. The Kier molecular flexibility index (Phi) is 6.71. The maximum absolute atomic E-state index is 12.2. The van der Waals surface area contributed by atoms with Crippen LogP contribution in [-0.2, 0) is 0 Å². The van der Waals surface area contributed by atoms with Crippen LogP contribution in [0.2, 0.25) is 0 Å². The lowest BCUT2D eigenvalue weighted by molar-refractivity contribution is 0.0948. The molecular weight excluding hydrogens is 308 g/mol. The first kappa shape index (κ1) is 17.6. The Balaban J connectivity index is 1.92. The van der Waals surface area contributed by atoms with Gasteiger partial charge in [-0.1, -0.05) is 24.6 Å². The van der Waals surface area contributed by atoms with Crippen LogP contribution in [0.4, 0.5) is 0 Å². The van der Waals surface area contributed by atoms with E-state index in [1.165, 1.54) is 17.7 Å². The normalized spacial score (nSPS) is 10.7. The smallest absolute Gasteiger partial charge is 0.273 e. The van der Waals surface area contributed by atoms with Crippen molar-refractivity contribution in [2.45, 2.75) is 33.6 Å². The summed E-state index contributed by atoms with van der Waals surface area (Å²) in [4.78, 5) is 16.6. The fraction of sp³-hybridized carbons (Fsp3) is 0.444. The Bertz CT molecular complexity index is 635. The van der Waals surface area contributed by atoms with Crippen LogP contribution in [0.1, 0.15) is 41.6 Å². The van der Waals surface area contributed by atoms with Crippen LogP contribution in [0, 0.1) is 13.8 Å². The number of carbonyl (C=O) groups excluding carboxylic acids is 1. The predicted octanol–water partition coefficient (Wildman–Crippen LogP) is 4.22. The van der Waals surface area contributed by atoms with Crippen LogP contribution in [0.3, 0.4) is 0 Å². The van der Waals surface area contributed by atoms with E-state index in [0.29, 0.717) is 23.9 Å². The van der Waals surface area contributed by atoms with Gasteiger partial charge in [-0.25, -0.2) is 4.98 Å². The molecule has 1 aromatic carbocycles. The lowest BCUT2D eigenvalue weighted by Crippen LogP contribution is -2.25. The van der Waals surface area contributed by atoms with E-state index in [0.717, 1.165) is 17.7 Å². The molecule has 0 spiro atoms. The number of benzene rings is 1. The largest absolute Gasteiger partial charge is 0.441 e. The molecule has 1 amide bonds. The van der Waals surface area contributed by atoms with E-state index in [-0.39, 0.29) is 5.91 Å². The minimum atomic E-state index is -0.162. The third-order valence-electron chi connectivity index (χ3n) is 3.41. The molecule has 0 bridgehead atoms. The summed E-state index contributed by atoms with van der Waals surface area (Å²) in [5, 5.41) is 2.92. The molecule has 1 aromatic heterocycles. The highest BCUT2D eigenvalue weighted by atomic mass is 32.2. The fourth-order valence-electron chi connectivity index (χ4n) is 2.13. The van der Waals surface area contributed by atoms with Crippen molar-refractivity contribution in [2.75, 3.05) is 18.1 Å². The number of nitrogens with zero attached hydrogens (tertiary/aromatic N) is 1. The average molecular weight is 332 g/mol. The zero-order valence-electron chi connectivity index (χ0n) is 14.0. The first-order valence-electron chi connectivity index (χ1n) is 8.02. The molecule has 1 heterocycles. The van der Waals surface area contributed by atoms with Gasteiger partial charge in [0.15, 0.2) is 5.69 Å². The van der Waals surface area contributed by atoms with E-state index >= 15 is 0 Å². The molecule has 4 nitrogen and oxygen atoms in total. The predicted molar refractivity (Wildman–Crippen MR) is 96.0 cm³/mol. The van der Waals surface area contributed by atoms with Crippen LogP contribution < -0.4 is 5.32 Å². The SMILES string of the molecule is CCCSCCCNC(=O)c1nc(-c2ccc(C)cc2)oc1C. The van der Waals surface area contributed by atoms with Crippen LogP contribution in [0.5, 0.6) is 0 Å². The van der Waals surface area contributed by atoms with Gasteiger partial charge in [-0.15, -0.1) is 0 Å². The van der Waals surface area contributed by atoms with Gasteiger partial charge in [-0.3, -0.25) is 4.79 Å². The van der Waals surface area contributed by atoms with Crippen LogP contribution >= 0.6 is 11.8 Å². The summed E-state index contributed by atoms with van der Waals surface area (Å²) in [5.74, 6) is 3.13. The number of nitrogens with one attached hydrogen (secondary N) is 1. The molecule has 0 radical (unpaired) electrons. The second-order valence-corrected chi connectivity index (χ2v) is 6.74. The van der Waals surface area contributed by atoms with Gasteiger partial charge in [0.05, 0.1) is 0 Å². The zero-order valence-corrected chi connectivity index (χ0v) is 14.8. The van der Waals surface area contributed by atoms with Crippen molar-refractivity contribution >= 4 is 17.7 Å². The van der Waals surface area contributed by atoms with Crippen molar-refractivity contribution in [1.82, 2.24) is 10.3 Å². The highest BCUT2D eigenvalue weighted by Gasteiger charge is 2.17. The molecule has 0 fully saturated rings. The Labute approximate surface area is 142 Å². The number of rotatable bonds is 8.